The van der Waals surface area contributed by atoms with Gasteiger partial charge in [0.1, 0.15) is 5.76 Å². The molecule has 0 saturated carbocycles. The maximum absolute atomic E-state index is 12.4. The van der Waals surface area contributed by atoms with Crippen LogP contribution in [0.2, 0.25) is 0 Å². The third-order valence-electron chi connectivity index (χ3n) is 4.17. The lowest BCUT2D eigenvalue weighted by Gasteiger charge is -2.16. The molecule has 0 aliphatic heterocycles. The molecule has 0 unspecified atom stereocenters. The molecule has 0 radical (unpaired) electrons. The molecule has 130 valence electrons. The number of hydrogen-bond donors (Lipinski definition) is 0. The first-order chi connectivity index (χ1) is 12.1. The van der Waals surface area contributed by atoms with E-state index in [2.05, 4.69) is 31.0 Å². The quantitative estimate of drug-likeness (QED) is 0.631. The molecule has 0 saturated heterocycles. The second kappa shape index (κ2) is 7.61. The van der Waals surface area contributed by atoms with Crippen LogP contribution in [0.25, 0.3) is 5.69 Å². The van der Waals surface area contributed by atoms with E-state index in [0.29, 0.717) is 12.3 Å². The molecule has 2 heterocycles. The molecule has 0 atom stereocenters. The molecule has 1 amide bonds. The Labute approximate surface area is 151 Å². The van der Waals surface area contributed by atoms with Gasteiger partial charge in [0.2, 0.25) is 5.91 Å². The van der Waals surface area contributed by atoms with E-state index in [4.69, 9.17) is 4.42 Å². The monoisotopic (exact) mass is 355 g/mol. The molecule has 0 bridgehead atoms. The Morgan fingerprint density at radius 2 is 2.12 bits per heavy atom. The van der Waals surface area contributed by atoms with Crippen molar-refractivity contribution in [1.82, 2.24) is 14.5 Å². The lowest BCUT2D eigenvalue weighted by Crippen LogP contribution is -2.27. The van der Waals surface area contributed by atoms with Gasteiger partial charge in [-0.15, -0.1) is 0 Å². The molecule has 5 nitrogen and oxygen atoms in total. The molecule has 25 heavy (non-hydrogen) atoms. The molecule has 3 aromatic rings. The summed E-state index contributed by atoms with van der Waals surface area (Å²) < 4.78 is 7.32. The molecular formula is C19H21N3O2S. The average Bonchev–Trinajstić information content (AvgIpc) is 3.26. The summed E-state index contributed by atoms with van der Waals surface area (Å²) in [6, 6.07) is 9.89. The van der Waals surface area contributed by atoms with Crippen LogP contribution in [0, 0.1) is 13.8 Å². The Morgan fingerprint density at radius 1 is 1.28 bits per heavy atom. The Bertz CT molecular complexity index is 855. The highest BCUT2D eigenvalue weighted by Crippen LogP contribution is 2.24. The normalized spacial score (nSPS) is 10.8. The first kappa shape index (κ1) is 17.4. The van der Waals surface area contributed by atoms with E-state index in [1.165, 1.54) is 22.9 Å². The first-order valence-electron chi connectivity index (χ1n) is 8.05. The minimum absolute atomic E-state index is 0.0388. The third kappa shape index (κ3) is 3.96. The number of benzene rings is 1. The van der Waals surface area contributed by atoms with Gasteiger partial charge < -0.3 is 9.32 Å². The minimum Gasteiger partial charge on any atom is -0.467 e. The smallest absolute Gasteiger partial charge is 0.233 e. The molecule has 0 aliphatic rings. The van der Waals surface area contributed by atoms with Crippen LogP contribution in [0.1, 0.15) is 16.9 Å². The van der Waals surface area contributed by atoms with Crippen molar-refractivity contribution in [3.63, 3.8) is 0 Å². The molecule has 0 spiro atoms. The molecule has 0 fully saturated rings. The third-order valence-corrected chi connectivity index (χ3v) is 5.12. The summed E-state index contributed by atoms with van der Waals surface area (Å²) in [5.74, 6) is 1.15. The molecule has 6 heteroatoms. The summed E-state index contributed by atoms with van der Waals surface area (Å²) in [5, 5.41) is 0.813. The summed E-state index contributed by atoms with van der Waals surface area (Å²) in [4.78, 5) is 18.4. The Hall–Kier alpha value is -2.47. The van der Waals surface area contributed by atoms with Crippen LogP contribution in [-0.2, 0) is 11.3 Å². The Kier molecular flexibility index (Phi) is 5.28. The van der Waals surface area contributed by atoms with Gasteiger partial charge in [-0.2, -0.15) is 0 Å². The summed E-state index contributed by atoms with van der Waals surface area (Å²) >= 11 is 1.44. The Morgan fingerprint density at radius 3 is 2.88 bits per heavy atom. The number of thioether (sulfide) groups is 1. The van der Waals surface area contributed by atoms with Gasteiger partial charge in [0.25, 0.3) is 0 Å². The predicted octanol–water partition coefficient (Wildman–Crippen LogP) is 3.83. The van der Waals surface area contributed by atoms with Crippen LogP contribution >= 0.6 is 11.8 Å². The van der Waals surface area contributed by atoms with E-state index in [0.717, 1.165) is 16.6 Å². The molecule has 3 rings (SSSR count). The topological polar surface area (TPSA) is 51.3 Å². The second-order valence-electron chi connectivity index (χ2n) is 5.92. The number of amides is 1. The van der Waals surface area contributed by atoms with Crippen LogP contribution in [0.5, 0.6) is 0 Å². The van der Waals surface area contributed by atoms with E-state index >= 15 is 0 Å². The lowest BCUT2D eigenvalue weighted by atomic mass is 10.1. The van der Waals surface area contributed by atoms with Crippen LogP contribution in [0.4, 0.5) is 0 Å². The van der Waals surface area contributed by atoms with Crippen LogP contribution in [0.15, 0.2) is 58.6 Å². The molecule has 0 aliphatic carbocycles. The highest BCUT2D eigenvalue weighted by Gasteiger charge is 2.14. The fraction of sp³-hybridized carbons (Fsp3) is 0.263. The van der Waals surface area contributed by atoms with E-state index in [9.17, 15) is 4.79 Å². The van der Waals surface area contributed by atoms with Crippen LogP contribution in [-0.4, -0.2) is 33.2 Å². The van der Waals surface area contributed by atoms with Gasteiger partial charge in [0.05, 0.1) is 24.2 Å². The molecule has 0 N–H and O–H groups in total. The van der Waals surface area contributed by atoms with Gasteiger partial charge in [-0.1, -0.05) is 23.9 Å². The highest BCUT2D eigenvalue weighted by atomic mass is 32.2. The van der Waals surface area contributed by atoms with Gasteiger partial charge in [-0.3, -0.25) is 9.36 Å². The highest BCUT2D eigenvalue weighted by molar-refractivity contribution is 7.99. The maximum atomic E-state index is 12.4. The number of hydrogen-bond acceptors (Lipinski definition) is 4. The number of furan rings is 1. The van der Waals surface area contributed by atoms with Gasteiger partial charge in [-0.25, -0.2) is 4.98 Å². The van der Waals surface area contributed by atoms with Crippen LogP contribution in [0.3, 0.4) is 0 Å². The van der Waals surface area contributed by atoms with Crippen molar-refractivity contribution >= 4 is 17.7 Å². The number of carbonyl (C=O) groups excluding carboxylic acids is 1. The first-order valence-corrected chi connectivity index (χ1v) is 9.04. The van der Waals surface area contributed by atoms with Crippen molar-refractivity contribution in [3.05, 3.63) is 65.9 Å². The van der Waals surface area contributed by atoms with Crippen molar-refractivity contribution in [2.24, 2.45) is 0 Å². The van der Waals surface area contributed by atoms with E-state index < -0.39 is 0 Å². The van der Waals surface area contributed by atoms with E-state index in [1.807, 2.05) is 29.0 Å². The van der Waals surface area contributed by atoms with Crippen molar-refractivity contribution in [2.75, 3.05) is 12.8 Å². The lowest BCUT2D eigenvalue weighted by molar-refractivity contribution is -0.127. The predicted molar refractivity (Wildman–Crippen MR) is 98.9 cm³/mol. The van der Waals surface area contributed by atoms with Crippen LogP contribution < -0.4 is 0 Å². The standard InChI is InChI=1S/C19H21N3O2S/c1-14-6-4-8-17(15(14)2)22-10-9-20-19(22)25-13-18(23)21(3)12-16-7-5-11-24-16/h4-11H,12-13H2,1-3H3. The summed E-state index contributed by atoms with van der Waals surface area (Å²) in [6.45, 7) is 4.66. The van der Waals surface area contributed by atoms with Gasteiger partial charge in [0, 0.05) is 19.4 Å². The van der Waals surface area contributed by atoms with E-state index in [1.54, 1.807) is 24.4 Å². The van der Waals surface area contributed by atoms with Gasteiger partial charge >= 0.3 is 0 Å². The van der Waals surface area contributed by atoms with Crippen molar-refractivity contribution in [3.8, 4) is 5.69 Å². The number of nitrogens with zero attached hydrogens (tertiary/aromatic N) is 3. The molecule has 2 aromatic heterocycles. The molecular weight excluding hydrogens is 334 g/mol. The van der Waals surface area contributed by atoms with Gasteiger partial charge in [0.15, 0.2) is 5.16 Å². The summed E-state index contributed by atoms with van der Waals surface area (Å²) in [5.41, 5.74) is 3.54. The number of imidazole rings is 1. The second-order valence-corrected chi connectivity index (χ2v) is 6.86. The molecule has 1 aromatic carbocycles. The van der Waals surface area contributed by atoms with Crippen molar-refractivity contribution in [1.29, 1.82) is 0 Å². The zero-order chi connectivity index (χ0) is 17.8. The summed E-state index contributed by atoms with van der Waals surface area (Å²) in [7, 11) is 1.78. The van der Waals surface area contributed by atoms with Crippen molar-refractivity contribution in [2.45, 2.75) is 25.5 Å². The zero-order valence-corrected chi connectivity index (χ0v) is 15.4. The number of carbonyl (C=O) groups is 1. The minimum atomic E-state index is 0.0388. The zero-order valence-electron chi connectivity index (χ0n) is 14.6. The number of aromatic nitrogens is 2. The summed E-state index contributed by atoms with van der Waals surface area (Å²) in [6.07, 6.45) is 5.31. The Balaban J connectivity index is 1.67. The fourth-order valence-corrected chi connectivity index (χ4v) is 3.44. The fourth-order valence-electron chi connectivity index (χ4n) is 2.54. The SMILES string of the molecule is Cc1cccc(-n2ccnc2SCC(=O)N(C)Cc2ccco2)c1C. The number of rotatable bonds is 6. The van der Waals surface area contributed by atoms with Crippen molar-refractivity contribution < 1.29 is 9.21 Å². The van der Waals surface area contributed by atoms with Gasteiger partial charge in [-0.05, 0) is 43.2 Å². The number of aryl methyl sites for hydroxylation is 1. The largest absolute Gasteiger partial charge is 0.467 e. The average molecular weight is 355 g/mol. The van der Waals surface area contributed by atoms with E-state index in [-0.39, 0.29) is 5.91 Å². The maximum Gasteiger partial charge on any atom is 0.233 e.